The van der Waals surface area contributed by atoms with Crippen molar-refractivity contribution in [2.75, 3.05) is 6.61 Å². The van der Waals surface area contributed by atoms with E-state index in [0.29, 0.717) is 6.61 Å². The molecule has 0 bridgehead atoms. The van der Waals surface area contributed by atoms with Crippen molar-refractivity contribution in [2.24, 2.45) is 0 Å². The van der Waals surface area contributed by atoms with Crippen molar-refractivity contribution in [3.05, 3.63) is 30.3 Å². The Morgan fingerprint density at radius 2 is 2.00 bits per heavy atom. The molecule has 1 aromatic rings. The summed E-state index contributed by atoms with van der Waals surface area (Å²) < 4.78 is 5.06. The van der Waals surface area contributed by atoms with Crippen LogP contribution in [0, 0.1) is 0 Å². The fraction of sp³-hybridized carbons (Fsp3) is 0.250. The molecule has 0 aliphatic carbocycles. The molecule has 1 fully saturated rings. The normalized spacial score (nSPS) is 27.7. The summed E-state index contributed by atoms with van der Waals surface area (Å²) in [5.74, 6) is 0. The second kappa shape index (κ2) is 4.09. The first kappa shape index (κ1) is 10.3. The summed E-state index contributed by atoms with van der Waals surface area (Å²) in [6.45, 7) is 0.554. The Morgan fingerprint density at radius 3 is 2.64 bits per heavy atom. The monoisotopic (exact) mass is 242 g/mol. The molecule has 0 spiro atoms. The highest BCUT2D eigenvalue weighted by molar-refractivity contribution is 7.45. The van der Waals surface area contributed by atoms with E-state index >= 15 is 0 Å². The van der Waals surface area contributed by atoms with Gasteiger partial charge in [-0.1, -0.05) is 35.5 Å². The van der Waals surface area contributed by atoms with Crippen LogP contribution < -0.4 is 5.19 Å². The first-order valence-electron chi connectivity index (χ1n) is 4.81. The molecule has 0 amide bonds. The number of rotatable bonds is 1. The summed E-state index contributed by atoms with van der Waals surface area (Å²) >= 11 is 0. The molecule has 2 rings (SSSR count). The van der Waals surface area contributed by atoms with Gasteiger partial charge in [0.25, 0.3) is 0 Å². The van der Waals surface area contributed by atoms with Gasteiger partial charge in [0.15, 0.2) is 0 Å². The van der Waals surface area contributed by atoms with Crippen LogP contribution in [0.1, 0.15) is 0 Å². The minimum atomic E-state index is -3.14. The van der Waals surface area contributed by atoms with Crippen molar-refractivity contribution >= 4 is 30.4 Å². The molecule has 1 saturated heterocycles. The zero-order valence-corrected chi connectivity index (χ0v) is 11.5. The molecule has 76 valence electrons. The third-order valence-corrected chi connectivity index (χ3v) is 22.1. The third kappa shape index (κ3) is 2.41. The fourth-order valence-corrected chi connectivity index (χ4v) is 21.4. The zero-order valence-electron chi connectivity index (χ0n) is 7.89. The van der Waals surface area contributed by atoms with E-state index in [4.69, 9.17) is 4.43 Å². The second-order valence-corrected chi connectivity index (χ2v) is 19.1. The minimum Gasteiger partial charge on any atom is -0.393 e. The van der Waals surface area contributed by atoms with Crippen LogP contribution in [0.4, 0.5) is 0 Å². The summed E-state index contributed by atoms with van der Waals surface area (Å²) in [6, 6.07) is 11.4. The standard InChI is InChI=1S/C8H14O3Si3/c9-14(10)11-6-7-13(12-14)8-4-2-1-3-5-8/h1-5,9-10,13H,6-7,12H2. The molecule has 1 aromatic carbocycles. The van der Waals surface area contributed by atoms with Gasteiger partial charge < -0.3 is 14.0 Å². The van der Waals surface area contributed by atoms with Crippen LogP contribution in [-0.2, 0) is 4.43 Å². The average molecular weight is 242 g/mol. The first-order chi connectivity index (χ1) is 6.67. The maximum atomic E-state index is 9.57. The molecule has 0 saturated carbocycles. The highest BCUT2D eigenvalue weighted by atomic mass is 29.6. The lowest BCUT2D eigenvalue weighted by Gasteiger charge is -2.28. The van der Waals surface area contributed by atoms with Crippen LogP contribution in [0.5, 0.6) is 0 Å². The summed E-state index contributed by atoms with van der Waals surface area (Å²) in [5.41, 5.74) is 0. The Morgan fingerprint density at radius 1 is 1.29 bits per heavy atom. The molecule has 1 heterocycles. The average Bonchev–Trinajstić information content (AvgIpc) is 2.18. The lowest BCUT2D eigenvalue weighted by atomic mass is 10.4. The lowest BCUT2D eigenvalue weighted by Crippen LogP contribution is -2.60. The van der Waals surface area contributed by atoms with E-state index in [1.54, 1.807) is 0 Å². The van der Waals surface area contributed by atoms with Crippen LogP contribution in [0.2, 0.25) is 6.04 Å². The number of hydrogen-bond donors (Lipinski definition) is 2. The predicted octanol–water partition coefficient (Wildman–Crippen LogP) is -1.76. The van der Waals surface area contributed by atoms with Gasteiger partial charge in [0.2, 0.25) is 0 Å². The maximum absolute atomic E-state index is 9.57. The van der Waals surface area contributed by atoms with E-state index in [-0.39, 0.29) is 0 Å². The van der Waals surface area contributed by atoms with Gasteiger partial charge in [-0.2, -0.15) is 0 Å². The fourth-order valence-electron chi connectivity index (χ4n) is 1.86. The van der Waals surface area contributed by atoms with Crippen molar-refractivity contribution in [2.45, 2.75) is 6.04 Å². The molecule has 1 atom stereocenters. The molecule has 3 nitrogen and oxygen atoms in total. The summed E-state index contributed by atoms with van der Waals surface area (Å²) in [5, 5.41) is 1.38. The molecule has 0 aromatic heterocycles. The Bertz CT molecular complexity index is 304. The minimum absolute atomic E-state index is 0.554. The second-order valence-electron chi connectivity index (χ2n) is 3.69. The molecule has 1 aliphatic rings. The van der Waals surface area contributed by atoms with Crippen LogP contribution in [0.25, 0.3) is 0 Å². The Labute approximate surface area is 87.7 Å². The quantitative estimate of drug-likeness (QED) is 0.574. The zero-order chi connectivity index (χ0) is 10.0. The van der Waals surface area contributed by atoms with Gasteiger partial charge in [-0.05, 0) is 6.04 Å². The van der Waals surface area contributed by atoms with Gasteiger partial charge in [-0.3, -0.25) is 0 Å². The molecule has 2 N–H and O–H groups in total. The molecule has 1 aliphatic heterocycles. The van der Waals surface area contributed by atoms with Gasteiger partial charge in [0.1, 0.15) is 8.55 Å². The third-order valence-electron chi connectivity index (χ3n) is 2.58. The van der Waals surface area contributed by atoms with Crippen molar-refractivity contribution in [1.29, 1.82) is 0 Å². The van der Waals surface area contributed by atoms with Gasteiger partial charge in [0, 0.05) is 6.61 Å². The molecule has 6 heteroatoms. The van der Waals surface area contributed by atoms with E-state index in [9.17, 15) is 9.59 Å². The molecule has 1 unspecified atom stereocenters. The van der Waals surface area contributed by atoms with Crippen molar-refractivity contribution in [1.82, 2.24) is 0 Å². The van der Waals surface area contributed by atoms with Gasteiger partial charge in [-0.25, -0.2) is 0 Å². The van der Waals surface area contributed by atoms with E-state index < -0.39 is 25.2 Å². The van der Waals surface area contributed by atoms with Crippen LogP contribution >= 0.6 is 0 Å². The Hall–Kier alpha value is -0.249. The molecular formula is C8H14O3Si3. The van der Waals surface area contributed by atoms with E-state index in [1.807, 2.05) is 18.2 Å². The largest absolute Gasteiger partial charge is 0.454 e. The maximum Gasteiger partial charge on any atom is 0.454 e. The van der Waals surface area contributed by atoms with Crippen LogP contribution in [-0.4, -0.2) is 41.4 Å². The Balaban J connectivity index is 2.12. The highest BCUT2D eigenvalue weighted by Gasteiger charge is 2.40. The highest BCUT2D eigenvalue weighted by Crippen LogP contribution is 2.08. The van der Waals surface area contributed by atoms with Gasteiger partial charge in [-0.15, -0.1) is 0 Å². The topological polar surface area (TPSA) is 49.7 Å². The van der Waals surface area contributed by atoms with Crippen molar-refractivity contribution < 1.29 is 14.0 Å². The van der Waals surface area contributed by atoms with Crippen LogP contribution in [0.3, 0.4) is 0 Å². The van der Waals surface area contributed by atoms with Crippen molar-refractivity contribution in [3.8, 4) is 0 Å². The molecule has 14 heavy (non-hydrogen) atoms. The Kier molecular flexibility index (Phi) is 3.00. The summed E-state index contributed by atoms with van der Waals surface area (Å²) in [4.78, 5) is 19.1. The van der Waals surface area contributed by atoms with E-state index in [0.717, 1.165) is 6.04 Å². The first-order valence-corrected chi connectivity index (χ1v) is 13.6. The number of benzene rings is 1. The molecular weight excluding hydrogens is 228 g/mol. The van der Waals surface area contributed by atoms with E-state index in [1.165, 1.54) is 5.19 Å². The van der Waals surface area contributed by atoms with E-state index in [2.05, 4.69) is 12.1 Å². The molecule has 0 radical (unpaired) electrons. The van der Waals surface area contributed by atoms with Crippen LogP contribution in [0.15, 0.2) is 30.3 Å². The number of hydrogen-bond acceptors (Lipinski definition) is 3. The summed E-state index contributed by atoms with van der Waals surface area (Å²) in [7, 11) is -4.95. The van der Waals surface area contributed by atoms with Crippen molar-refractivity contribution in [3.63, 3.8) is 0 Å². The summed E-state index contributed by atoms with van der Waals surface area (Å²) in [6.07, 6.45) is 0. The lowest BCUT2D eigenvalue weighted by molar-refractivity contribution is 0.179. The van der Waals surface area contributed by atoms with Gasteiger partial charge in [0.05, 0.1) is 8.31 Å². The van der Waals surface area contributed by atoms with Gasteiger partial charge >= 0.3 is 8.32 Å². The SMILES string of the molecule is O[Si]1(O)OCC[SiH](c2ccccc2)[SiH2]1. The predicted molar refractivity (Wildman–Crippen MR) is 62.7 cm³/mol. The smallest absolute Gasteiger partial charge is 0.393 e.